The minimum Gasteiger partial charge on any atom is -0.381 e. The van der Waals surface area contributed by atoms with Crippen molar-refractivity contribution in [2.24, 2.45) is 10.9 Å². The lowest BCUT2D eigenvalue weighted by Gasteiger charge is -2.44. The second-order valence-corrected chi connectivity index (χ2v) is 8.92. The Bertz CT molecular complexity index is 627. The van der Waals surface area contributed by atoms with Crippen LogP contribution >= 0.6 is 24.0 Å². The summed E-state index contributed by atoms with van der Waals surface area (Å²) in [6, 6.07) is 0.441. The lowest BCUT2D eigenvalue weighted by atomic mass is 9.93. The predicted octanol–water partition coefficient (Wildman–Crippen LogP) is 2.85. The fourth-order valence-electron chi connectivity index (χ4n) is 4.53. The number of nitrogens with zero attached hydrogens (tertiary/aromatic N) is 5. The van der Waals surface area contributed by atoms with Crippen molar-refractivity contribution in [3.05, 3.63) is 18.7 Å². The molecule has 2 aliphatic rings. The molecule has 2 fully saturated rings. The Morgan fingerprint density at radius 2 is 1.97 bits per heavy atom. The van der Waals surface area contributed by atoms with Crippen LogP contribution in [0, 0.1) is 5.92 Å². The Morgan fingerprint density at radius 3 is 2.55 bits per heavy atom. The number of guanidine groups is 1. The van der Waals surface area contributed by atoms with E-state index in [1.165, 1.54) is 0 Å². The van der Waals surface area contributed by atoms with E-state index in [2.05, 4.69) is 56.6 Å². The topological polar surface area (TPSA) is 57.9 Å². The molecule has 0 radical (unpaired) electrons. The van der Waals surface area contributed by atoms with Crippen LogP contribution in [0.3, 0.4) is 0 Å². The first kappa shape index (κ1) is 24.4. The van der Waals surface area contributed by atoms with Crippen LogP contribution in [-0.2, 0) is 4.74 Å². The maximum atomic E-state index is 5.52. The Labute approximate surface area is 193 Å². The standard InChI is InChI=1S/C21H38N6O.HI/c1-17-6-10-25(14-19(17)26-13-9-23-16-26)20(22-4)24-15-21(2,3)27-11-7-18(28-5)8-12-27;/h9,13,16-19H,6-8,10-12,14-15H2,1-5H3,(H,22,24);1H. The van der Waals surface area contributed by atoms with Crippen LogP contribution in [0.4, 0.5) is 0 Å². The number of hydrogen-bond acceptors (Lipinski definition) is 4. The van der Waals surface area contributed by atoms with Gasteiger partial charge in [-0.3, -0.25) is 9.89 Å². The van der Waals surface area contributed by atoms with E-state index in [1.807, 2.05) is 26.7 Å². The van der Waals surface area contributed by atoms with E-state index in [4.69, 9.17) is 4.74 Å². The van der Waals surface area contributed by atoms with Gasteiger partial charge in [0.25, 0.3) is 0 Å². The zero-order valence-electron chi connectivity index (χ0n) is 18.7. The van der Waals surface area contributed by atoms with Crippen LogP contribution in [0.5, 0.6) is 0 Å². The van der Waals surface area contributed by atoms with Crippen molar-refractivity contribution in [3.63, 3.8) is 0 Å². The van der Waals surface area contributed by atoms with Gasteiger partial charge in [0.2, 0.25) is 0 Å². The van der Waals surface area contributed by atoms with E-state index in [-0.39, 0.29) is 29.5 Å². The smallest absolute Gasteiger partial charge is 0.193 e. The van der Waals surface area contributed by atoms with E-state index in [0.717, 1.165) is 57.9 Å². The van der Waals surface area contributed by atoms with Crippen molar-refractivity contribution in [2.45, 2.75) is 57.7 Å². The van der Waals surface area contributed by atoms with Crippen LogP contribution < -0.4 is 5.32 Å². The number of piperidine rings is 2. The lowest BCUT2D eigenvalue weighted by molar-refractivity contribution is 0.00758. The minimum absolute atomic E-state index is 0. The second-order valence-electron chi connectivity index (χ2n) is 8.92. The summed E-state index contributed by atoms with van der Waals surface area (Å²) in [5.41, 5.74) is 0.0848. The molecule has 2 saturated heterocycles. The van der Waals surface area contributed by atoms with Gasteiger partial charge in [-0.15, -0.1) is 24.0 Å². The maximum Gasteiger partial charge on any atom is 0.193 e. The Balaban J connectivity index is 0.00000300. The summed E-state index contributed by atoms with van der Waals surface area (Å²) in [5, 5.41) is 3.66. The number of rotatable bonds is 5. The largest absolute Gasteiger partial charge is 0.381 e. The molecule has 29 heavy (non-hydrogen) atoms. The molecule has 0 bridgehead atoms. The van der Waals surface area contributed by atoms with Crippen LogP contribution in [0.25, 0.3) is 0 Å². The Hall–Kier alpha value is -0.870. The lowest BCUT2D eigenvalue weighted by Crippen LogP contribution is -2.57. The second kappa shape index (κ2) is 10.9. The quantitative estimate of drug-likeness (QED) is 0.369. The van der Waals surface area contributed by atoms with E-state index in [1.54, 1.807) is 0 Å². The Kier molecular flexibility index (Phi) is 9.21. The number of ether oxygens (including phenoxy) is 1. The first-order chi connectivity index (χ1) is 13.4. The summed E-state index contributed by atoms with van der Waals surface area (Å²) >= 11 is 0. The Morgan fingerprint density at radius 1 is 1.24 bits per heavy atom. The molecule has 0 aromatic carbocycles. The highest BCUT2D eigenvalue weighted by atomic mass is 127. The highest BCUT2D eigenvalue weighted by Gasteiger charge is 2.33. The third kappa shape index (κ3) is 6.07. The molecule has 2 aliphatic heterocycles. The number of imidazole rings is 1. The molecule has 0 amide bonds. The van der Waals surface area contributed by atoms with Gasteiger partial charge in [-0.25, -0.2) is 4.98 Å². The highest BCUT2D eigenvalue weighted by Crippen LogP contribution is 2.27. The molecule has 166 valence electrons. The fourth-order valence-corrected chi connectivity index (χ4v) is 4.53. The first-order valence-corrected chi connectivity index (χ1v) is 10.7. The summed E-state index contributed by atoms with van der Waals surface area (Å²) in [5.74, 6) is 1.65. The number of halogens is 1. The number of nitrogens with one attached hydrogen (secondary N) is 1. The van der Waals surface area contributed by atoms with Crippen molar-refractivity contribution in [3.8, 4) is 0 Å². The molecule has 3 rings (SSSR count). The molecule has 8 heteroatoms. The van der Waals surface area contributed by atoms with Crippen molar-refractivity contribution in [1.29, 1.82) is 0 Å². The summed E-state index contributed by atoms with van der Waals surface area (Å²) in [6.07, 6.45) is 9.70. The number of aliphatic imine (C=N–C) groups is 1. The number of aromatic nitrogens is 2. The molecule has 2 unspecified atom stereocenters. The van der Waals surface area contributed by atoms with Gasteiger partial charge < -0.3 is 19.5 Å². The molecular formula is C21H39IN6O. The molecule has 1 aromatic heterocycles. The average Bonchev–Trinajstić information content (AvgIpc) is 3.24. The van der Waals surface area contributed by atoms with Crippen molar-refractivity contribution in [1.82, 2.24) is 24.7 Å². The first-order valence-electron chi connectivity index (χ1n) is 10.7. The van der Waals surface area contributed by atoms with E-state index in [0.29, 0.717) is 18.1 Å². The molecule has 0 aliphatic carbocycles. The third-order valence-corrected chi connectivity index (χ3v) is 6.65. The van der Waals surface area contributed by atoms with Gasteiger partial charge in [-0.05, 0) is 39.0 Å². The molecule has 0 spiro atoms. The monoisotopic (exact) mass is 518 g/mol. The van der Waals surface area contributed by atoms with Crippen LogP contribution in [0.2, 0.25) is 0 Å². The van der Waals surface area contributed by atoms with Gasteiger partial charge in [-0.1, -0.05) is 6.92 Å². The fraction of sp³-hybridized carbons (Fsp3) is 0.810. The van der Waals surface area contributed by atoms with Gasteiger partial charge in [0.1, 0.15) is 0 Å². The molecule has 3 heterocycles. The van der Waals surface area contributed by atoms with Crippen molar-refractivity contribution in [2.75, 3.05) is 46.9 Å². The molecule has 7 nitrogen and oxygen atoms in total. The van der Waals surface area contributed by atoms with Gasteiger partial charge >= 0.3 is 0 Å². The SMILES string of the molecule is CN=C(NCC(C)(C)N1CCC(OC)CC1)N1CCC(C)C(n2ccnc2)C1.I. The zero-order chi connectivity index (χ0) is 20.1. The summed E-state index contributed by atoms with van der Waals surface area (Å²) < 4.78 is 7.77. The molecule has 0 saturated carbocycles. The summed E-state index contributed by atoms with van der Waals surface area (Å²) in [7, 11) is 3.72. The van der Waals surface area contributed by atoms with Crippen molar-refractivity contribution < 1.29 is 4.74 Å². The molecule has 1 N–H and O–H groups in total. The molecular weight excluding hydrogens is 479 g/mol. The van der Waals surface area contributed by atoms with Gasteiger partial charge in [0.05, 0.1) is 18.5 Å². The number of hydrogen-bond donors (Lipinski definition) is 1. The molecule has 1 aromatic rings. The van der Waals surface area contributed by atoms with Crippen LogP contribution in [0.1, 0.15) is 46.1 Å². The van der Waals surface area contributed by atoms with Gasteiger partial charge in [0.15, 0.2) is 5.96 Å². The zero-order valence-corrected chi connectivity index (χ0v) is 21.0. The normalized spacial score (nSPS) is 25.0. The van der Waals surface area contributed by atoms with Crippen LogP contribution in [0.15, 0.2) is 23.7 Å². The van der Waals surface area contributed by atoms with E-state index >= 15 is 0 Å². The van der Waals surface area contributed by atoms with E-state index in [9.17, 15) is 0 Å². The highest BCUT2D eigenvalue weighted by molar-refractivity contribution is 14.0. The third-order valence-electron chi connectivity index (χ3n) is 6.65. The van der Waals surface area contributed by atoms with Crippen LogP contribution in [-0.4, -0.2) is 83.8 Å². The summed E-state index contributed by atoms with van der Waals surface area (Å²) in [4.78, 5) is 13.8. The number of methoxy groups -OCH3 is 1. The maximum absolute atomic E-state index is 5.52. The molecule has 2 atom stereocenters. The number of likely N-dealkylation sites (tertiary alicyclic amines) is 2. The summed E-state index contributed by atoms with van der Waals surface area (Å²) in [6.45, 7) is 12.1. The van der Waals surface area contributed by atoms with E-state index < -0.39 is 0 Å². The minimum atomic E-state index is 0. The van der Waals surface area contributed by atoms with Gasteiger partial charge in [0, 0.05) is 64.8 Å². The average molecular weight is 518 g/mol. The predicted molar refractivity (Wildman–Crippen MR) is 129 cm³/mol. The van der Waals surface area contributed by atoms with Crippen molar-refractivity contribution >= 4 is 29.9 Å². The van der Waals surface area contributed by atoms with Gasteiger partial charge in [-0.2, -0.15) is 0 Å².